The summed E-state index contributed by atoms with van der Waals surface area (Å²) in [7, 11) is 1.60. The van der Waals surface area contributed by atoms with Gasteiger partial charge in [0.1, 0.15) is 5.75 Å². The maximum Gasteiger partial charge on any atom is 0.225 e. The molecule has 110 valence electrons. The van der Waals surface area contributed by atoms with Crippen LogP contribution < -0.4 is 15.8 Å². The molecule has 20 heavy (non-hydrogen) atoms. The predicted molar refractivity (Wildman–Crippen MR) is 84.0 cm³/mol. The number of hydrogen-bond donors (Lipinski definition) is 2. The molecule has 1 aromatic carbocycles. The fraction of sp³-hybridized carbons (Fsp3) is 0.533. The molecule has 2 rings (SSSR count). The molecule has 0 heterocycles. The van der Waals surface area contributed by atoms with Gasteiger partial charge in [0, 0.05) is 10.9 Å². The average molecular weight is 341 g/mol. The number of rotatable bonds is 5. The molecule has 0 bridgehead atoms. The number of benzene rings is 1. The highest BCUT2D eigenvalue weighted by Crippen LogP contribution is 2.43. The Balaban J connectivity index is 2.11. The molecule has 0 spiro atoms. The van der Waals surface area contributed by atoms with Crippen molar-refractivity contribution in [2.45, 2.75) is 32.6 Å². The minimum atomic E-state index is 0.0128. The number of carbonyl (C=O) groups is 1. The third-order valence-electron chi connectivity index (χ3n) is 4.13. The van der Waals surface area contributed by atoms with Crippen molar-refractivity contribution in [1.82, 2.24) is 0 Å². The molecule has 0 atom stereocenters. The van der Waals surface area contributed by atoms with Gasteiger partial charge in [-0.05, 0) is 49.4 Å². The van der Waals surface area contributed by atoms with Crippen LogP contribution in [0.15, 0.2) is 16.6 Å². The van der Waals surface area contributed by atoms with Gasteiger partial charge >= 0.3 is 0 Å². The van der Waals surface area contributed by atoms with Crippen molar-refractivity contribution in [2.75, 3.05) is 19.0 Å². The summed E-state index contributed by atoms with van der Waals surface area (Å²) in [5.41, 5.74) is 7.53. The molecule has 4 nitrogen and oxygen atoms in total. The summed E-state index contributed by atoms with van der Waals surface area (Å²) >= 11 is 3.43. The molecular weight excluding hydrogens is 320 g/mol. The van der Waals surface area contributed by atoms with Gasteiger partial charge in [-0.15, -0.1) is 0 Å². The number of hydrogen-bond acceptors (Lipinski definition) is 3. The van der Waals surface area contributed by atoms with E-state index in [1.54, 1.807) is 7.11 Å². The van der Waals surface area contributed by atoms with Crippen LogP contribution >= 0.6 is 15.9 Å². The molecule has 1 amide bonds. The van der Waals surface area contributed by atoms with Gasteiger partial charge < -0.3 is 15.8 Å². The predicted octanol–water partition coefficient (Wildman–Crippen LogP) is 3.22. The maximum absolute atomic E-state index is 12.3. The van der Waals surface area contributed by atoms with Crippen molar-refractivity contribution in [3.05, 3.63) is 22.2 Å². The van der Waals surface area contributed by atoms with Crippen molar-refractivity contribution < 1.29 is 9.53 Å². The van der Waals surface area contributed by atoms with Gasteiger partial charge in [-0.25, -0.2) is 0 Å². The Kier molecular flexibility index (Phi) is 4.70. The fourth-order valence-electron chi connectivity index (χ4n) is 2.69. The van der Waals surface area contributed by atoms with Crippen molar-refractivity contribution in [1.29, 1.82) is 0 Å². The number of nitrogens with two attached hydrogens (primary N) is 1. The zero-order valence-corrected chi connectivity index (χ0v) is 13.5. The molecule has 0 aliphatic heterocycles. The van der Waals surface area contributed by atoms with Gasteiger partial charge in [-0.1, -0.05) is 22.4 Å². The first-order valence-corrected chi connectivity index (χ1v) is 7.63. The SMILES string of the molecule is COc1cc(Br)cc(C)c1NC(=O)CC1(CN)CCC1. The lowest BCUT2D eigenvalue weighted by Gasteiger charge is -2.40. The highest BCUT2D eigenvalue weighted by Gasteiger charge is 2.37. The third kappa shape index (κ3) is 3.15. The highest BCUT2D eigenvalue weighted by atomic mass is 79.9. The van der Waals surface area contributed by atoms with Gasteiger partial charge in [0.2, 0.25) is 5.91 Å². The number of nitrogens with one attached hydrogen (secondary N) is 1. The topological polar surface area (TPSA) is 64.3 Å². The number of methoxy groups -OCH3 is 1. The molecular formula is C15H21BrN2O2. The van der Waals surface area contributed by atoms with E-state index in [1.807, 2.05) is 19.1 Å². The Morgan fingerprint density at radius 2 is 2.20 bits per heavy atom. The molecule has 1 saturated carbocycles. The maximum atomic E-state index is 12.3. The summed E-state index contributed by atoms with van der Waals surface area (Å²) in [6.07, 6.45) is 3.76. The number of anilines is 1. The quantitative estimate of drug-likeness (QED) is 0.864. The van der Waals surface area contributed by atoms with Crippen LogP contribution in [0.25, 0.3) is 0 Å². The van der Waals surface area contributed by atoms with Gasteiger partial charge in [-0.2, -0.15) is 0 Å². The standard InChI is InChI=1S/C15H21BrN2O2/c1-10-6-11(16)7-12(20-2)14(10)18-13(19)8-15(9-17)4-3-5-15/h6-7H,3-5,8-9,17H2,1-2H3,(H,18,19). The van der Waals surface area contributed by atoms with E-state index in [2.05, 4.69) is 21.2 Å². The Labute approximate surface area is 128 Å². The van der Waals surface area contributed by atoms with Crippen molar-refractivity contribution >= 4 is 27.5 Å². The summed E-state index contributed by atoms with van der Waals surface area (Å²) < 4.78 is 6.27. The minimum Gasteiger partial charge on any atom is -0.495 e. The summed E-state index contributed by atoms with van der Waals surface area (Å²) in [6, 6.07) is 3.81. The summed E-state index contributed by atoms with van der Waals surface area (Å²) in [4.78, 5) is 12.3. The number of aryl methyl sites for hydroxylation is 1. The van der Waals surface area contributed by atoms with E-state index in [0.717, 1.165) is 28.6 Å². The number of ether oxygens (including phenoxy) is 1. The van der Waals surface area contributed by atoms with Crippen LogP contribution in [0.1, 0.15) is 31.2 Å². The molecule has 1 fully saturated rings. The van der Waals surface area contributed by atoms with Gasteiger partial charge in [-0.3, -0.25) is 4.79 Å². The first-order valence-electron chi connectivity index (χ1n) is 6.84. The zero-order chi connectivity index (χ0) is 14.8. The Morgan fingerprint density at radius 3 is 2.70 bits per heavy atom. The first-order chi connectivity index (χ1) is 9.49. The molecule has 0 aromatic heterocycles. The van der Waals surface area contributed by atoms with Crippen molar-refractivity contribution in [3.8, 4) is 5.75 Å². The van der Waals surface area contributed by atoms with E-state index in [0.29, 0.717) is 18.7 Å². The lowest BCUT2D eigenvalue weighted by Crippen LogP contribution is -2.40. The third-order valence-corrected chi connectivity index (χ3v) is 4.59. The Hall–Kier alpha value is -1.07. The Morgan fingerprint density at radius 1 is 1.50 bits per heavy atom. The Bertz CT molecular complexity index is 507. The number of carbonyl (C=O) groups excluding carboxylic acids is 1. The number of halogens is 1. The molecule has 0 unspecified atom stereocenters. The second-order valence-corrected chi connectivity index (χ2v) is 6.50. The molecule has 1 aliphatic carbocycles. The van der Waals surface area contributed by atoms with E-state index in [9.17, 15) is 4.79 Å². The summed E-state index contributed by atoms with van der Waals surface area (Å²) in [6.45, 7) is 2.53. The second-order valence-electron chi connectivity index (χ2n) is 5.58. The van der Waals surface area contributed by atoms with E-state index in [4.69, 9.17) is 10.5 Å². The average Bonchev–Trinajstić information content (AvgIpc) is 2.36. The normalized spacial score (nSPS) is 16.4. The highest BCUT2D eigenvalue weighted by molar-refractivity contribution is 9.10. The lowest BCUT2D eigenvalue weighted by atomic mass is 9.66. The van der Waals surface area contributed by atoms with Crippen LogP contribution in [0.2, 0.25) is 0 Å². The van der Waals surface area contributed by atoms with Gasteiger partial charge in [0.15, 0.2) is 0 Å². The number of amides is 1. The molecule has 5 heteroatoms. The molecule has 1 aliphatic rings. The van der Waals surface area contributed by atoms with Crippen LogP contribution in [-0.2, 0) is 4.79 Å². The van der Waals surface area contributed by atoms with Crippen LogP contribution in [-0.4, -0.2) is 19.6 Å². The van der Waals surface area contributed by atoms with Crippen molar-refractivity contribution in [3.63, 3.8) is 0 Å². The molecule has 3 N–H and O–H groups in total. The van der Waals surface area contributed by atoms with E-state index < -0.39 is 0 Å². The monoisotopic (exact) mass is 340 g/mol. The summed E-state index contributed by atoms with van der Waals surface area (Å²) in [5.74, 6) is 0.680. The summed E-state index contributed by atoms with van der Waals surface area (Å²) in [5, 5.41) is 2.97. The largest absolute Gasteiger partial charge is 0.495 e. The van der Waals surface area contributed by atoms with E-state index >= 15 is 0 Å². The minimum absolute atomic E-state index is 0.0128. The van der Waals surface area contributed by atoms with E-state index in [-0.39, 0.29) is 11.3 Å². The molecule has 0 saturated heterocycles. The van der Waals surface area contributed by atoms with Crippen molar-refractivity contribution in [2.24, 2.45) is 11.1 Å². The lowest BCUT2D eigenvalue weighted by molar-refractivity contribution is -0.119. The zero-order valence-electron chi connectivity index (χ0n) is 12.0. The van der Waals surface area contributed by atoms with Crippen LogP contribution in [0.4, 0.5) is 5.69 Å². The first kappa shape index (κ1) is 15.3. The van der Waals surface area contributed by atoms with Crippen LogP contribution in [0.5, 0.6) is 5.75 Å². The molecule has 1 aromatic rings. The van der Waals surface area contributed by atoms with Crippen LogP contribution in [0.3, 0.4) is 0 Å². The van der Waals surface area contributed by atoms with Gasteiger partial charge in [0.05, 0.1) is 12.8 Å². The van der Waals surface area contributed by atoms with Crippen LogP contribution in [0, 0.1) is 12.3 Å². The second kappa shape index (κ2) is 6.14. The van der Waals surface area contributed by atoms with E-state index in [1.165, 1.54) is 6.42 Å². The molecule has 0 radical (unpaired) electrons. The van der Waals surface area contributed by atoms with Gasteiger partial charge in [0.25, 0.3) is 0 Å². The smallest absolute Gasteiger partial charge is 0.225 e. The fourth-order valence-corrected chi connectivity index (χ4v) is 3.24.